The molecule has 2 nitrogen and oxygen atoms in total. The van der Waals surface area contributed by atoms with Gasteiger partial charge in [0.2, 0.25) is 0 Å². The van der Waals surface area contributed by atoms with Crippen molar-refractivity contribution in [2.75, 3.05) is 5.32 Å². The van der Waals surface area contributed by atoms with Crippen LogP contribution in [0.15, 0.2) is 200 Å². The molecule has 49 heavy (non-hydrogen) atoms. The van der Waals surface area contributed by atoms with Crippen LogP contribution in [0.3, 0.4) is 0 Å². The van der Waals surface area contributed by atoms with Crippen molar-refractivity contribution in [1.29, 1.82) is 0 Å². The van der Waals surface area contributed by atoms with E-state index in [4.69, 9.17) is 4.98 Å². The van der Waals surface area contributed by atoms with Gasteiger partial charge in [-0.2, -0.15) is 0 Å². The lowest BCUT2D eigenvalue weighted by molar-refractivity contribution is 1.32. The van der Waals surface area contributed by atoms with E-state index in [1.807, 2.05) is 6.20 Å². The summed E-state index contributed by atoms with van der Waals surface area (Å²) in [6, 6.07) is 68.6. The van der Waals surface area contributed by atoms with Gasteiger partial charge in [-0.05, 0) is 116 Å². The van der Waals surface area contributed by atoms with Crippen LogP contribution in [0.4, 0.5) is 11.4 Å². The fourth-order valence-corrected chi connectivity index (χ4v) is 6.31. The van der Waals surface area contributed by atoms with E-state index in [0.717, 1.165) is 22.6 Å². The highest BCUT2D eigenvalue weighted by molar-refractivity contribution is 5.83. The number of hydrogen-bond acceptors (Lipinski definition) is 2. The third-order valence-electron chi connectivity index (χ3n) is 8.86. The normalized spacial score (nSPS) is 10.9. The van der Waals surface area contributed by atoms with Gasteiger partial charge >= 0.3 is 0 Å². The van der Waals surface area contributed by atoms with Crippen molar-refractivity contribution in [3.8, 4) is 66.9 Å². The van der Waals surface area contributed by atoms with Crippen molar-refractivity contribution in [3.05, 3.63) is 200 Å². The number of nitrogens with one attached hydrogen (secondary N) is 1. The number of rotatable bonds is 8. The first kappa shape index (κ1) is 29.9. The molecule has 232 valence electrons. The van der Waals surface area contributed by atoms with Crippen LogP contribution in [0.25, 0.3) is 66.9 Å². The Morgan fingerprint density at radius 3 is 0.939 bits per heavy atom. The first-order valence-electron chi connectivity index (χ1n) is 16.6. The number of aromatic nitrogens is 1. The molecule has 0 aliphatic heterocycles. The van der Waals surface area contributed by atoms with Crippen LogP contribution in [-0.4, -0.2) is 4.98 Å². The summed E-state index contributed by atoms with van der Waals surface area (Å²) in [7, 11) is 0. The number of nitrogens with zero attached hydrogens (tertiary/aromatic N) is 1. The van der Waals surface area contributed by atoms with Gasteiger partial charge in [-0.3, -0.25) is 4.98 Å². The second-order valence-corrected chi connectivity index (χ2v) is 12.2. The van der Waals surface area contributed by atoms with Gasteiger partial charge in [0.05, 0.1) is 17.6 Å². The Morgan fingerprint density at radius 2 is 0.592 bits per heavy atom. The fraction of sp³-hybridized carbons (Fsp3) is 0. The molecule has 0 atom stereocenters. The average molecular weight is 627 g/mol. The quantitative estimate of drug-likeness (QED) is 0.181. The SMILES string of the molecule is c1ccc(-c2cc(-c3ccccc3)cc(-c3ccc(Nc4ccc(-c5cc(-c6ccccc6)cc(-c6ccccc6)c5)nc4)cc3)c2)cc1. The molecule has 0 spiro atoms. The second kappa shape index (κ2) is 13.7. The standard InChI is InChI=1S/C47H34N2/c1-5-13-34(14-6-1)39-27-40(35-15-7-2-8-16-35)29-41(28-39)38-21-23-45(24-22-38)49-46-25-26-47(48-33-46)44-31-42(36-17-9-3-10-18-36)30-43(32-44)37-19-11-4-12-20-37/h1-33,49H. The highest BCUT2D eigenvalue weighted by atomic mass is 14.9. The third kappa shape index (κ3) is 6.81. The van der Waals surface area contributed by atoms with E-state index in [9.17, 15) is 0 Å². The molecule has 0 saturated carbocycles. The minimum atomic E-state index is 0.934. The summed E-state index contributed by atoms with van der Waals surface area (Å²) in [5, 5.41) is 3.55. The maximum atomic E-state index is 4.89. The molecule has 1 aromatic heterocycles. The minimum Gasteiger partial charge on any atom is -0.354 e. The van der Waals surface area contributed by atoms with E-state index < -0.39 is 0 Å². The maximum absolute atomic E-state index is 4.89. The molecule has 2 heteroatoms. The summed E-state index contributed by atoms with van der Waals surface area (Å²) in [6.07, 6.45) is 1.91. The predicted molar refractivity (Wildman–Crippen MR) is 207 cm³/mol. The van der Waals surface area contributed by atoms with Crippen molar-refractivity contribution in [1.82, 2.24) is 4.98 Å². The molecule has 0 saturated heterocycles. The first-order valence-corrected chi connectivity index (χ1v) is 16.6. The van der Waals surface area contributed by atoms with Crippen LogP contribution in [0.1, 0.15) is 0 Å². The number of anilines is 2. The molecule has 8 aromatic rings. The molecule has 0 radical (unpaired) electrons. The van der Waals surface area contributed by atoms with E-state index in [-0.39, 0.29) is 0 Å². The monoisotopic (exact) mass is 626 g/mol. The molecular formula is C47H34N2. The van der Waals surface area contributed by atoms with Gasteiger partial charge in [0, 0.05) is 11.3 Å². The molecule has 0 unspecified atom stereocenters. The molecule has 0 aliphatic rings. The van der Waals surface area contributed by atoms with Crippen molar-refractivity contribution in [3.63, 3.8) is 0 Å². The summed E-state index contributed by atoms with van der Waals surface area (Å²) >= 11 is 0. The molecule has 1 heterocycles. The molecule has 0 aliphatic carbocycles. The van der Waals surface area contributed by atoms with Crippen molar-refractivity contribution < 1.29 is 0 Å². The van der Waals surface area contributed by atoms with Crippen LogP contribution >= 0.6 is 0 Å². The lowest BCUT2D eigenvalue weighted by atomic mass is 9.93. The molecule has 7 aromatic carbocycles. The van der Waals surface area contributed by atoms with Gasteiger partial charge in [-0.15, -0.1) is 0 Å². The predicted octanol–water partition coefficient (Wildman–Crippen LogP) is 12.8. The second-order valence-electron chi connectivity index (χ2n) is 12.2. The van der Waals surface area contributed by atoms with Crippen molar-refractivity contribution >= 4 is 11.4 Å². The van der Waals surface area contributed by atoms with E-state index in [1.54, 1.807) is 0 Å². The van der Waals surface area contributed by atoms with Crippen LogP contribution in [-0.2, 0) is 0 Å². The van der Waals surface area contributed by atoms with Crippen molar-refractivity contribution in [2.45, 2.75) is 0 Å². The van der Waals surface area contributed by atoms with Gasteiger partial charge < -0.3 is 5.32 Å². The zero-order chi connectivity index (χ0) is 32.8. The molecule has 0 amide bonds. The van der Waals surface area contributed by atoms with Crippen LogP contribution in [0, 0.1) is 0 Å². The lowest BCUT2D eigenvalue weighted by Gasteiger charge is -2.13. The van der Waals surface area contributed by atoms with Crippen LogP contribution < -0.4 is 5.32 Å². The van der Waals surface area contributed by atoms with Crippen LogP contribution in [0.2, 0.25) is 0 Å². The van der Waals surface area contributed by atoms with E-state index in [1.165, 1.54) is 55.6 Å². The Kier molecular flexibility index (Phi) is 8.34. The third-order valence-corrected chi connectivity index (χ3v) is 8.86. The summed E-state index contributed by atoms with van der Waals surface area (Å²) in [5.41, 5.74) is 15.9. The molecular weight excluding hydrogens is 593 g/mol. The van der Waals surface area contributed by atoms with E-state index in [0.29, 0.717) is 0 Å². The Bertz CT molecular complexity index is 2010. The average Bonchev–Trinajstić information content (AvgIpc) is 3.19. The minimum absolute atomic E-state index is 0.934. The summed E-state index contributed by atoms with van der Waals surface area (Å²) < 4.78 is 0. The van der Waals surface area contributed by atoms with Crippen molar-refractivity contribution in [2.24, 2.45) is 0 Å². The summed E-state index contributed by atoms with van der Waals surface area (Å²) in [6.45, 7) is 0. The highest BCUT2D eigenvalue weighted by Crippen LogP contribution is 2.35. The molecule has 8 rings (SSSR count). The van der Waals surface area contributed by atoms with Gasteiger partial charge in [0.25, 0.3) is 0 Å². The Morgan fingerprint density at radius 1 is 0.265 bits per heavy atom. The number of benzene rings is 7. The summed E-state index contributed by atoms with van der Waals surface area (Å²) in [4.78, 5) is 4.89. The molecule has 0 bridgehead atoms. The Balaban J connectivity index is 1.06. The Labute approximate surface area is 288 Å². The van der Waals surface area contributed by atoms with E-state index >= 15 is 0 Å². The zero-order valence-electron chi connectivity index (χ0n) is 27.0. The lowest BCUT2D eigenvalue weighted by Crippen LogP contribution is -1.93. The van der Waals surface area contributed by atoms with Gasteiger partial charge in [0.15, 0.2) is 0 Å². The van der Waals surface area contributed by atoms with Crippen LogP contribution in [0.5, 0.6) is 0 Å². The maximum Gasteiger partial charge on any atom is 0.0704 e. The van der Waals surface area contributed by atoms with E-state index in [2.05, 4.69) is 199 Å². The van der Waals surface area contributed by atoms with Gasteiger partial charge in [0.1, 0.15) is 0 Å². The molecule has 1 N–H and O–H groups in total. The Hall–Kier alpha value is -6.51. The first-order chi connectivity index (χ1) is 24.2. The smallest absolute Gasteiger partial charge is 0.0704 e. The number of hydrogen-bond donors (Lipinski definition) is 1. The fourth-order valence-electron chi connectivity index (χ4n) is 6.31. The molecule has 0 fully saturated rings. The zero-order valence-corrected chi connectivity index (χ0v) is 27.0. The van der Waals surface area contributed by atoms with Gasteiger partial charge in [-0.25, -0.2) is 0 Å². The van der Waals surface area contributed by atoms with Gasteiger partial charge in [-0.1, -0.05) is 133 Å². The summed E-state index contributed by atoms with van der Waals surface area (Å²) in [5.74, 6) is 0. The number of pyridine rings is 1. The topological polar surface area (TPSA) is 24.9 Å². The highest BCUT2D eigenvalue weighted by Gasteiger charge is 2.10. The largest absolute Gasteiger partial charge is 0.354 e.